The Hall–Kier alpha value is -0.660. The molecule has 0 aliphatic rings. The van der Waals surface area contributed by atoms with E-state index in [9.17, 15) is 13.2 Å². The van der Waals surface area contributed by atoms with Crippen LogP contribution < -0.4 is 4.72 Å². The number of carboxylic acid groups (broad SMARTS) is 1. The number of carboxylic acids is 1. The van der Waals surface area contributed by atoms with Gasteiger partial charge in [0.25, 0.3) is 0 Å². The third-order valence-electron chi connectivity index (χ3n) is 2.52. The van der Waals surface area contributed by atoms with Crippen molar-refractivity contribution in [1.82, 2.24) is 4.72 Å². The maximum absolute atomic E-state index is 11.8. The lowest BCUT2D eigenvalue weighted by atomic mass is 10.1. The zero-order valence-corrected chi connectivity index (χ0v) is 12.2. The summed E-state index contributed by atoms with van der Waals surface area (Å²) >= 11 is 0. The minimum atomic E-state index is -3.65. The first kappa shape index (κ1) is 17.3. The van der Waals surface area contributed by atoms with Gasteiger partial charge in [-0.2, -0.15) is 0 Å². The van der Waals surface area contributed by atoms with E-state index in [1.165, 1.54) is 7.11 Å². The minimum Gasteiger partial charge on any atom is -0.480 e. The van der Waals surface area contributed by atoms with E-state index < -0.39 is 28.1 Å². The van der Waals surface area contributed by atoms with E-state index in [0.717, 1.165) is 0 Å². The maximum atomic E-state index is 11.8. The Labute approximate surface area is 109 Å². The fraction of sp³-hybridized carbons (Fsp3) is 0.909. The van der Waals surface area contributed by atoms with Crippen LogP contribution in [0.3, 0.4) is 0 Å². The molecule has 0 saturated carbocycles. The predicted octanol–water partition coefficient (Wildman–Crippen LogP) is 0.830. The average molecular weight is 281 g/mol. The Bertz CT molecular complexity index is 348. The Morgan fingerprint density at radius 2 is 1.94 bits per heavy atom. The average Bonchev–Trinajstić information content (AvgIpc) is 2.23. The molecular formula is C11H23NO5S. The Balaban J connectivity index is 4.65. The number of nitrogens with one attached hydrogen (secondary N) is 1. The molecule has 1 unspecified atom stereocenters. The third-order valence-corrected chi connectivity index (χ3v) is 3.98. The van der Waals surface area contributed by atoms with Crippen molar-refractivity contribution >= 4 is 16.0 Å². The second-order valence-electron chi connectivity index (χ2n) is 4.69. The number of aliphatic carboxylic acids is 1. The normalized spacial score (nSPS) is 15.6. The number of hydrogen-bond acceptors (Lipinski definition) is 4. The molecule has 108 valence electrons. The summed E-state index contributed by atoms with van der Waals surface area (Å²) in [5, 5.41) is 8.98. The Kier molecular flexibility index (Phi) is 7.42. The molecule has 0 saturated heterocycles. The number of rotatable bonds is 9. The lowest BCUT2D eigenvalue weighted by molar-refractivity contribution is -0.139. The molecule has 0 amide bonds. The molecule has 0 fully saturated rings. The first-order valence-electron chi connectivity index (χ1n) is 5.97. The molecule has 2 atom stereocenters. The van der Waals surface area contributed by atoms with Gasteiger partial charge in [0.05, 0.1) is 11.9 Å². The molecule has 0 aromatic rings. The molecule has 0 aromatic heterocycles. The van der Waals surface area contributed by atoms with Crippen LogP contribution in [0.1, 0.15) is 33.6 Å². The topological polar surface area (TPSA) is 92.7 Å². The van der Waals surface area contributed by atoms with E-state index in [2.05, 4.69) is 4.72 Å². The fourth-order valence-electron chi connectivity index (χ4n) is 1.53. The van der Waals surface area contributed by atoms with Crippen molar-refractivity contribution in [3.8, 4) is 0 Å². The summed E-state index contributed by atoms with van der Waals surface area (Å²) in [7, 11) is -2.21. The maximum Gasteiger partial charge on any atom is 0.321 e. The molecule has 0 rings (SSSR count). The van der Waals surface area contributed by atoms with E-state index in [0.29, 0.717) is 6.42 Å². The SMILES string of the molecule is CCC(CS(=O)(=O)N[C@@H](CC(C)C)C(=O)O)OC. The second-order valence-corrected chi connectivity index (χ2v) is 6.48. The highest BCUT2D eigenvalue weighted by atomic mass is 32.2. The summed E-state index contributed by atoms with van der Waals surface area (Å²) < 4.78 is 30.8. The summed E-state index contributed by atoms with van der Waals surface area (Å²) in [4.78, 5) is 11.0. The standard InChI is InChI=1S/C11H23NO5S/c1-5-9(17-4)7-18(15,16)12-10(11(13)14)6-8(2)3/h8-10,12H,5-7H2,1-4H3,(H,13,14)/t9?,10-/m0/s1. The molecular weight excluding hydrogens is 258 g/mol. The van der Waals surface area contributed by atoms with Gasteiger partial charge in [0.1, 0.15) is 6.04 Å². The largest absolute Gasteiger partial charge is 0.480 e. The van der Waals surface area contributed by atoms with Gasteiger partial charge in [-0.15, -0.1) is 0 Å². The summed E-state index contributed by atoms with van der Waals surface area (Å²) in [5.74, 6) is -1.28. The third kappa shape index (κ3) is 6.93. The predicted molar refractivity (Wildman–Crippen MR) is 68.9 cm³/mol. The molecule has 18 heavy (non-hydrogen) atoms. The molecule has 0 aliphatic carbocycles. The highest BCUT2D eigenvalue weighted by Gasteiger charge is 2.26. The van der Waals surface area contributed by atoms with Gasteiger partial charge in [0.15, 0.2) is 0 Å². The van der Waals surface area contributed by atoms with Crippen molar-refractivity contribution < 1.29 is 23.1 Å². The number of sulfonamides is 1. The molecule has 2 N–H and O–H groups in total. The molecule has 0 radical (unpaired) electrons. The zero-order valence-electron chi connectivity index (χ0n) is 11.3. The van der Waals surface area contributed by atoms with Gasteiger partial charge in [-0.05, 0) is 18.8 Å². The molecule has 0 heterocycles. The van der Waals surface area contributed by atoms with E-state index in [4.69, 9.17) is 9.84 Å². The van der Waals surface area contributed by atoms with Crippen LogP contribution in [-0.4, -0.2) is 44.5 Å². The fourth-order valence-corrected chi connectivity index (χ4v) is 3.12. The molecule has 0 bridgehead atoms. The van der Waals surface area contributed by atoms with Crippen LogP contribution in [0.2, 0.25) is 0 Å². The van der Waals surface area contributed by atoms with E-state index >= 15 is 0 Å². The summed E-state index contributed by atoms with van der Waals surface area (Å²) in [6.07, 6.45) is 0.397. The van der Waals surface area contributed by atoms with Gasteiger partial charge in [-0.25, -0.2) is 13.1 Å². The van der Waals surface area contributed by atoms with Crippen molar-refractivity contribution in [2.75, 3.05) is 12.9 Å². The first-order chi connectivity index (χ1) is 8.21. The lowest BCUT2D eigenvalue weighted by Gasteiger charge is -2.19. The van der Waals surface area contributed by atoms with Crippen molar-refractivity contribution in [1.29, 1.82) is 0 Å². The van der Waals surface area contributed by atoms with E-state index in [1.54, 1.807) is 0 Å². The van der Waals surface area contributed by atoms with Gasteiger partial charge >= 0.3 is 5.97 Å². The number of methoxy groups -OCH3 is 1. The van der Waals surface area contributed by atoms with E-state index in [-0.39, 0.29) is 18.1 Å². The first-order valence-corrected chi connectivity index (χ1v) is 7.62. The monoisotopic (exact) mass is 281 g/mol. The van der Waals surface area contributed by atoms with Crippen LogP contribution in [0.25, 0.3) is 0 Å². The van der Waals surface area contributed by atoms with Crippen molar-refractivity contribution in [3.05, 3.63) is 0 Å². The number of carbonyl (C=O) groups is 1. The van der Waals surface area contributed by atoms with Gasteiger partial charge < -0.3 is 9.84 Å². The minimum absolute atomic E-state index is 0.0956. The van der Waals surface area contributed by atoms with Gasteiger partial charge in [0, 0.05) is 7.11 Å². The van der Waals surface area contributed by atoms with Crippen LogP contribution >= 0.6 is 0 Å². The number of hydrogen-bond donors (Lipinski definition) is 2. The quantitative estimate of drug-likeness (QED) is 0.653. The van der Waals surface area contributed by atoms with E-state index in [1.807, 2.05) is 20.8 Å². The van der Waals surface area contributed by atoms with Crippen LogP contribution in [-0.2, 0) is 19.6 Å². The second kappa shape index (κ2) is 7.70. The number of ether oxygens (including phenoxy) is 1. The summed E-state index contributed by atoms with van der Waals surface area (Å²) in [5.41, 5.74) is 0. The Morgan fingerprint density at radius 1 is 1.39 bits per heavy atom. The van der Waals surface area contributed by atoms with Crippen LogP contribution in [0, 0.1) is 5.92 Å². The van der Waals surface area contributed by atoms with Gasteiger partial charge in [-0.1, -0.05) is 20.8 Å². The zero-order chi connectivity index (χ0) is 14.3. The molecule has 0 spiro atoms. The molecule has 0 aliphatic heterocycles. The van der Waals surface area contributed by atoms with Crippen molar-refractivity contribution in [2.45, 2.75) is 45.8 Å². The summed E-state index contributed by atoms with van der Waals surface area (Å²) in [6.45, 7) is 5.50. The van der Waals surface area contributed by atoms with Crippen LogP contribution in [0.5, 0.6) is 0 Å². The Morgan fingerprint density at radius 3 is 2.28 bits per heavy atom. The summed E-state index contributed by atoms with van der Waals surface area (Å²) in [6, 6.07) is -1.08. The van der Waals surface area contributed by atoms with Gasteiger partial charge in [-0.3, -0.25) is 4.79 Å². The van der Waals surface area contributed by atoms with Crippen LogP contribution in [0.4, 0.5) is 0 Å². The van der Waals surface area contributed by atoms with Crippen molar-refractivity contribution in [3.63, 3.8) is 0 Å². The molecule has 0 aromatic carbocycles. The molecule has 7 heteroatoms. The smallest absolute Gasteiger partial charge is 0.321 e. The van der Waals surface area contributed by atoms with Gasteiger partial charge in [0.2, 0.25) is 10.0 Å². The van der Waals surface area contributed by atoms with Crippen LogP contribution in [0.15, 0.2) is 0 Å². The lowest BCUT2D eigenvalue weighted by Crippen LogP contribution is -2.44. The highest BCUT2D eigenvalue weighted by Crippen LogP contribution is 2.08. The highest BCUT2D eigenvalue weighted by molar-refractivity contribution is 7.89. The van der Waals surface area contributed by atoms with Crippen molar-refractivity contribution in [2.24, 2.45) is 5.92 Å². The molecule has 6 nitrogen and oxygen atoms in total.